The predicted octanol–water partition coefficient (Wildman–Crippen LogP) is 1.44. The normalized spacial score (nSPS) is 19.5. The van der Waals surface area contributed by atoms with Gasteiger partial charge in [-0.3, -0.25) is 4.79 Å². The largest absolute Gasteiger partial charge is 0.375 e. The van der Waals surface area contributed by atoms with Gasteiger partial charge >= 0.3 is 0 Å². The van der Waals surface area contributed by atoms with Gasteiger partial charge in [0.25, 0.3) is 0 Å². The van der Waals surface area contributed by atoms with E-state index in [0.29, 0.717) is 19.6 Å². The van der Waals surface area contributed by atoms with E-state index in [2.05, 4.69) is 26.6 Å². The third-order valence-electron chi connectivity index (χ3n) is 2.82. The lowest BCUT2D eigenvalue weighted by molar-refractivity contribution is -0.124. The molecule has 2 rings (SSSR count). The molecule has 1 atom stereocenters. The Bertz CT molecular complexity index is 388. The van der Waals surface area contributed by atoms with Gasteiger partial charge in [-0.1, -0.05) is 28.1 Å². The van der Waals surface area contributed by atoms with Crippen LogP contribution in [0.5, 0.6) is 0 Å². The van der Waals surface area contributed by atoms with Crippen LogP contribution in [0.15, 0.2) is 28.7 Å². The van der Waals surface area contributed by atoms with E-state index >= 15 is 0 Å². The Morgan fingerprint density at radius 3 is 2.89 bits per heavy atom. The van der Waals surface area contributed by atoms with E-state index in [-0.39, 0.29) is 12.0 Å². The average molecular weight is 313 g/mol. The number of ether oxygens (including phenoxy) is 1. The van der Waals surface area contributed by atoms with Crippen molar-refractivity contribution >= 4 is 21.8 Å². The molecular weight excluding hydrogens is 296 g/mol. The number of benzene rings is 1. The maximum Gasteiger partial charge on any atom is 0.222 e. The van der Waals surface area contributed by atoms with Crippen LogP contribution in [-0.2, 0) is 16.1 Å². The minimum absolute atomic E-state index is 0.00340. The zero-order valence-corrected chi connectivity index (χ0v) is 11.7. The van der Waals surface area contributed by atoms with Crippen LogP contribution in [0.4, 0.5) is 0 Å². The molecule has 4 nitrogen and oxygen atoms in total. The molecule has 0 aromatic heterocycles. The fourth-order valence-electron chi connectivity index (χ4n) is 1.83. The van der Waals surface area contributed by atoms with Gasteiger partial charge in [0.2, 0.25) is 5.91 Å². The van der Waals surface area contributed by atoms with Crippen molar-refractivity contribution < 1.29 is 9.53 Å². The van der Waals surface area contributed by atoms with Crippen LogP contribution >= 0.6 is 15.9 Å². The second-order valence-corrected chi connectivity index (χ2v) is 5.22. The van der Waals surface area contributed by atoms with E-state index in [1.807, 2.05) is 24.3 Å². The summed E-state index contributed by atoms with van der Waals surface area (Å²) in [5.74, 6) is 0.0339. The number of carbonyl (C=O) groups is 1. The molecule has 0 spiro atoms. The van der Waals surface area contributed by atoms with E-state index in [1.165, 1.54) is 0 Å². The van der Waals surface area contributed by atoms with Gasteiger partial charge in [0, 0.05) is 24.1 Å². The first-order valence-electron chi connectivity index (χ1n) is 6.07. The Balaban J connectivity index is 1.72. The van der Waals surface area contributed by atoms with Gasteiger partial charge in [-0.15, -0.1) is 0 Å². The quantitative estimate of drug-likeness (QED) is 0.884. The lowest BCUT2D eigenvalue weighted by atomic mass is 10.2. The minimum Gasteiger partial charge on any atom is -0.375 e. The summed E-state index contributed by atoms with van der Waals surface area (Å²) in [4.78, 5) is 11.7. The zero-order valence-electron chi connectivity index (χ0n) is 10.1. The first kappa shape index (κ1) is 13.5. The molecule has 0 bridgehead atoms. The highest BCUT2D eigenvalue weighted by molar-refractivity contribution is 9.10. The van der Waals surface area contributed by atoms with Crippen LogP contribution in [0.2, 0.25) is 0 Å². The maximum atomic E-state index is 11.7. The highest BCUT2D eigenvalue weighted by Gasteiger charge is 2.16. The molecule has 1 amide bonds. The molecule has 1 heterocycles. The average Bonchev–Trinajstić information content (AvgIpc) is 2.39. The van der Waals surface area contributed by atoms with Gasteiger partial charge in [0.05, 0.1) is 19.1 Å². The van der Waals surface area contributed by atoms with Gasteiger partial charge in [-0.25, -0.2) is 0 Å². The molecule has 18 heavy (non-hydrogen) atoms. The van der Waals surface area contributed by atoms with Crippen molar-refractivity contribution in [3.8, 4) is 0 Å². The van der Waals surface area contributed by atoms with Gasteiger partial charge in [-0.05, 0) is 17.7 Å². The molecule has 1 aliphatic rings. The highest BCUT2D eigenvalue weighted by atomic mass is 79.9. The van der Waals surface area contributed by atoms with Crippen LogP contribution in [0.1, 0.15) is 12.0 Å². The van der Waals surface area contributed by atoms with Crippen LogP contribution in [0.25, 0.3) is 0 Å². The highest BCUT2D eigenvalue weighted by Crippen LogP contribution is 2.10. The Morgan fingerprint density at radius 2 is 2.22 bits per heavy atom. The van der Waals surface area contributed by atoms with Crippen molar-refractivity contribution in [2.45, 2.75) is 19.1 Å². The molecule has 0 radical (unpaired) electrons. The monoisotopic (exact) mass is 312 g/mol. The molecule has 0 saturated carbocycles. The molecule has 1 saturated heterocycles. The van der Waals surface area contributed by atoms with Crippen molar-refractivity contribution in [2.75, 3.05) is 19.7 Å². The zero-order chi connectivity index (χ0) is 12.8. The summed E-state index contributed by atoms with van der Waals surface area (Å²) in [5.41, 5.74) is 1.09. The molecule has 1 fully saturated rings. The number of halogens is 1. The SMILES string of the molecule is O=C(CC1CNCCO1)NCc1ccc(Br)cc1. The Morgan fingerprint density at radius 1 is 1.44 bits per heavy atom. The van der Waals surface area contributed by atoms with E-state index in [1.54, 1.807) is 0 Å². The predicted molar refractivity (Wildman–Crippen MR) is 73.2 cm³/mol. The van der Waals surface area contributed by atoms with Gasteiger partial charge in [0.1, 0.15) is 0 Å². The number of hydrogen-bond acceptors (Lipinski definition) is 3. The topological polar surface area (TPSA) is 50.4 Å². The number of rotatable bonds is 4. The summed E-state index contributed by atoms with van der Waals surface area (Å²) in [6.07, 6.45) is 0.424. The second kappa shape index (κ2) is 6.87. The summed E-state index contributed by atoms with van der Waals surface area (Å²) in [7, 11) is 0. The maximum absolute atomic E-state index is 11.7. The first-order valence-corrected chi connectivity index (χ1v) is 6.87. The summed E-state index contributed by atoms with van der Waals surface area (Å²) >= 11 is 3.38. The number of nitrogens with one attached hydrogen (secondary N) is 2. The fraction of sp³-hybridized carbons (Fsp3) is 0.462. The van der Waals surface area contributed by atoms with E-state index in [0.717, 1.165) is 23.1 Å². The smallest absolute Gasteiger partial charge is 0.222 e. The Hall–Kier alpha value is -0.910. The van der Waals surface area contributed by atoms with Gasteiger partial charge in [-0.2, -0.15) is 0 Å². The lowest BCUT2D eigenvalue weighted by Crippen LogP contribution is -2.41. The number of hydrogen-bond donors (Lipinski definition) is 2. The van der Waals surface area contributed by atoms with Gasteiger partial charge in [0.15, 0.2) is 0 Å². The standard InChI is InChI=1S/C13H17BrN2O2/c14-11-3-1-10(2-4-11)8-16-13(17)7-12-9-15-5-6-18-12/h1-4,12,15H,5-9H2,(H,16,17). The first-order chi connectivity index (χ1) is 8.74. The summed E-state index contributed by atoms with van der Waals surface area (Å²) in [6, 6.07) is 7.91. The van der Waals surface area contributed by atoms with Crippen LogP contribution < -0.4 is 10.6 Å². The number of carbonyl (C=O) groups excluding carboxylic acids is 1. The van der Waals surface area contributed by atoms with E-state index in [9.17, 15) is 4.79 Å². The molecule has 0 aliphatic carbocycles. The molecule has 1 aliphatic heterocycles. The second-order valence-electron chi connectivity index (χ2n) is 4.30. The molecule has 98 valence electrons. The summed E-state index contributed by atoms with van der Waals surface area (Å²) in [6.45, 7) is 2.87. The Kier molecular flexibility index (Phi) is 5.16. The molecular formula is C13H17BrN2O2. The fourth-order valence-corrected chi connectivity index (χ4v) is 2.10. The van der Waals surface area contributed by atoms with E-state index < -0.39 is 0 Å². The number of morpholine rings is 1. The van der Waals surface area contributed by atoms with Crippen LogP contribution in [0, 0.1) is 0 Å². The van der Waals surface area contributed by atoms with Gasteiger partial charge < -0.3 is 15.4 Å². The van der Waals surface area contributed by atoms with Crippen molar-refractivity contribution in [3.05, 3.63) is 34.3 Å². The van der Waals surface area contributed by atoms with Crippen molar-refractivity contribution in [3.63, 3.8) is 0 Å². The molecule has 5 heteroatoms. The number of amides is 1. The summed E-state index contributed by atoms with van der Waals surface area (Å²) < 4.78 is 6.53. The lowest BCUT2D eigenvalue weighted by Gasteiger charge is -2.23. The minimum atomic E-state index is 0.00340. The van der Waals surface area contributed by atoms with Crippen LogP contribution in [0.3, 0.4) is 0 Å². The Labute approximate surface area is 115 Å². The molecule has 1 unspecified atom stereocenters. The molecule has 2 N–H and O–H groups in total. The van der Waals surface area contributed by atoms with Crippen LogP contribution in [-0.4, -0.2) is 31.7 Å². The third kappa shape index (κ3) is 4.40. The molecule has 1 aromatic carbocycles. The summed E-state index contributed by atoms with van der Waals surface area (Å²) in [5, 5.41) is 6.11. The van der Waals surface area contributed by atoms with Crippen molar-refractivity contribution in [1.29, 1.82) is 0 Å². The van der Waals surface area contributed by atoms with Crippen molar-refractivity contribution in [2.24, 2.45) is 0 Å². The van der Waals surface area contributed by atoms with Crippen molar-refractivity contribution in [1.82, 2.24) is 10.6 Å². The molecule has 1 aromatic rings. The third-order valence-corrected chi connectivity index (χ3v) is 3.35. The van der Waals surface area contributed by atoms with E-state index in [4.69, 9.17) is 4.74 Å².